The van der Waals surface area contributed by atoms with Gasteiger partial charge < -0.3 is 19.7 Å². The predicted molar refractivity (Wildman–Crippen MR) is 87.0 cm³/mol. The largest absolute Gasteiger partial charge is 0.490 e. The summed E-state index contributed by atoms with van der Waals surface area (Å²) in [7, 11) is 0. The quantitative estimate of drug-likeness (QED) is 0.856. The Morgan fingerprint density at radius 3 is 3.04 bits per heavy atom. The first-order valence-corrected chi connectivity index (χ1v) is 7.82. The fourth-order valence-electron chi connectivity index (χ4n) is 2.73. The molecule has 132 valence electrons. The van der Waals surface area contributed by atoms with Crippen molar-refractivity contribution >= 4 is 5.91 Å². The van der Waals surface area contributed by atoms with Crippen molar-refractivity contribution in [3.8, 4) is 5.75 Å². The molecule has 1 atom stereocenters. The van der Waals surface area contributed by atoms with Crippen LogP contribution in [0.5, 0.6) is 5.75 Å². The Morgan fingerprint density at radius 2 is 2.32 bits per heavy atom. The molecule has 0 aliphatic carbocycles. The minimum Gasteiger partial charge on any atom is -0.490 e. The van der Waals surface area contributed by atoms with E-state index in [1.807, 2.05) is 0 Å². The Hall–Kier alpha value is -2.74. The van der Waals surface area contributed by atoms with Crippen molar-refractivity contribution in [3.05, 3.63) is 58.0 Å². The van der Waals surface area contributed by atoms with Crippen LogP contribution in [0.1, 0.15) is 22.6 Å². The van der Waals surface area contributed by atoms with Crippen molar-refractivity contribution in [2.75, 3.05) is 19.7 Å². The summed E-state index contributed by atoms with van der Waals surface area (Å²) < 4.78 is 18.6. The van der Waals surface area contributed by atoms with Crippen molar-refractivity contribution in [3.63, 3.8) is 0 Å². The van der Waals surface area contributed by atoms with Gasteiger partial charge >= 0.3 is 0 Å². The molecule has 1 aliphatic heterocycles. The lowest BCUT2D eigenvalue weighted by molar-refractivity contribution is 0.00420. The first kappa shape index (κ1) is 17.1. The summed E-state index contributed by atoms with van der Waals surface area (Å²) in [6, 6.07) is 5.61. The number of aromatic amines is 1. The van der Waals surface area contributed by atoms with Crippen LogP contribution in [0.25, 0.3) is 0 Å². The lowest BCUT2D eigenvalue weighted by Crippen LogP contribution is -2.41. The Morgan fingerprint density at radius 1 is 1.52 bits per heavy atom. The minimum absolute atomic E-state index is 0.0223. The number of nitrogens with zero attached hydrogens (tertiary/aromatic N) is 2. The number of H-pyrrole nitrogens is 1. The molecule has 3 rings (SSSR count). The zero-order chi connectivity index (χ0) is 18.0. The van der Waals surface area contributed by atoms with Crippen molar-refractivity contribution in [1.82, 2.24) is 14.9 Å². The van der Waals surface area contributed by atoms with E-state index < -0.39 is 22.9 Å². The van der Waals surface area contributed by atoms with Crippen LogP contribution in [0.4, 0.5) is 4.39 Å². The molecule has 25 heavy (non-hydrogen) atoms. The highest BCUT2D eigenvalue weighted by Crippen LogP contribution is 2.24. The van der Waals surface area contributed by atoms with Crippen molar-refractivity contribution in [2.45, 2.75) is 18.9 Å². The minimum atomic E-state index is -1.26. The Kier molecular flexibility index (Phi) is 4.54. The number of rotatable bonds is 4. The molecule has 2 heterocycles. The SMILES string of the molecule is Cc1ncc(C(=O)N2CC[C@@](O)(COc3cccc(F)c3)C2)c(=O)[nH]1. The predicted octanol–water partition coefficient (Wildman–Crippen LogP) is 0.873. The van der Waals surface area contributed by atoms with E-state index in [4.69, 9.17) is 4.74 Å². The summed E-state index contributed by atoms with van der Waals surface area (Å²) in [6.45, 7) is 1.85. The fourth-order valence-corrected chi connectivity index (χ4v) is 2.73. The Bertz CT molecular complexity index is 854. The number of hydrogen-bond acceptors (Lipinski definition) is 5. The first-order chi connectivity index (χ1) is 11.9. The molecule has 1 aliphatic rings. The number of aryl methyl sites for hydroxylation is 1. The molecule has 1 saturated heterocycles. The third-order valence-corrected chi connectivity index (χ3v) is 4.08. The maximum absolute atomic E-state index is 13.2. The molecule has 2 aromatic rings. The average molecular weight is 347 g/mol. The molecule has 8 heteroatoms. The van der Waals surface area contributed by atoms with Crippen LogP contribution in [0.3, 0.4) is 0 Å². The summed E-state index contributed by atoms with van der Waals surface area (Å²) in [4.78, 5) is 32.1. The van der Waals surface area contributed by atoms with Gasteiger partial charge in [-0.15, -0.1) is 0 Å². The van der Waals surface area contributed by atoms with Gasteiger partial charge in [-0.3, -0.25) is 9.59 Å². The van der Waals surface area contributed by atoms with E-state index in [1.165, 1.54) is 29.3 Å². The average Bonchev–Trinajstić information content (AvgIpc) is 2.96. The van der Waals surface area contributed by atoms with E-state index >= 15 is 0 Å². The van der Waals surface area contributed by atoms with Gasteiger partial charge in [0.25, 0.3) is 11.5 Å². The van der Waals surface area contributed by atoms with Gasteiger partial charge in [-0.1, -0.05) is 6.07 Å². The van der Waals surface area contributed by atoms with Gasteiger partial charge in [0, 0.05) is 18.8 Å². The number of ether oxygens (including phenoxy) is 1. The van der Waals surface area contributed by atoms with Crippen LogP contribution in [0.15, 0.2) is 35.3 Å². The van der Waals surface area contributed by atoms with Gasteiger partial charge in [-0.2, -0.15) is 0 Å². The highest BCUT2D eigenvalue weighted by atomic mass is 19.1. The lowest BCUT2D eigenvalue weighted by Gasteiger charge is -2.23. The van der Waals surface area contributed by atoms with E-state index in [1.54, 1.807) is 13.0 Å². The summed E-state index contributed by atoms with van der Waals surface area (Å²) >= 11 is 0. The third kappa shape index (κ3) is 3.85. The maximum Gasteiger partial charge on any atom is 0.263 e. The van der Waals surface area contributed by atoms with Gasteiger partial charge in [0.15, 0.2) is 0 Å². The van der Waals surface area contributed by atoms with E-state index in [9.17, 15) is 19.1 Å². The molecule has 7 nitrogen and oxygen atoms in total. The van der Waals surface area contributed by atoms with Crippen molar-refractivity contribution in [2.24, 2.45) is 0 Å². The zero-order valence-corrected chi connectivity index (χ0v) is 13.7. The summed E-state index contributed by atoms with van der Waals surface area (Å²) in [5.74, 6) is -0.199. The number of benzene rings is 1. The molecule has 1 amide bonds. The number of likely N-dealkylation sites (tertiary alicyclic amines) is 1. The number of halogens is 1. The molecular formula is C17H18FN3O4. The molecule has 0 unspecified atom stereocenters. The molecule has 0 radical (unpaired) electrons. The highest BCUT2D eigenvalue weighted by molar-refractivity contribution is 5.93. The molecule has 0 spiro atoms. The number of aliphatic hydroxyl groups is 1. The van der Waals surface area contributed by atoms with Gasteiger partial charge in [0.05, 0.1) is 6.54 Å². The van der Waals surface area contributed by atoms with E-state index in [0.29, 0.717) is 18.0 Å². The fraction of sp³-hybridized carbons (Fsp3) is 0.353. The second kappa shape index (κ2) is 6.64. The highest BCUT2D eigenvalue weighted by Gasteiger charge is 2.39. The van der Waals surface area contributed by atoms with E-state index in [0.717, 1.165) is 0 Å². The number of carbonyl (C=O) groups excluding carboxylic acids is 1. The number of nitrogens with one attached hydrogen (secondary N) is 1. The molecule has 0 saturated carbocycles. The molecule has 1 aromatic heterocycles. The monoisotopic (exact) mass is 347 g/mol. The van der Waals surface area contributed by atoms with Gasteiger partial charge in [0.2, 0.25) is 0 Å². The van der Waals surface area contributed by atoms with Gasteiger partial charge in [-0.05, 0) is 25.5 Å². The number of aromatic nitrogens is 2. The smallest absolute Gasteiger partial charge is 0.263 e. The number of hydrogen-bond donors (Lipinski definition) is 2. The molecule has 1 aromatic carbocycles. The van der Waals surface area contributed by atoms with Gasteiger partial charge in [0.1, 0.15) is 35.2 Å². The van der Waals surface area contributed by atoms with Crippen LogP contribution in [0, 0.1) is 12.7 Å². The van der Waals surface area contributed by atoms with E-state index in [2.05, 4.69) is 9.97 Å². The van der Waals surface area contributed by atoms with Crippen LogP contribution in [-0.4, -0.2) is 51.2 Å². The number of carbonyl (C=O) groups is 1. The number of β-amino-alcohol motifs (C(OH)–C–C–N with tert-alkyl or cyclic N) is 1. The Labute approximate surface area is 143 Å². The normalized spacial score (nSPS) is 19.9. The molecule has 2 N–H and O–H groups in total. The van der Waals surface area contributed by atoms with E-state index in [-0.39, 0.29) is 25.3 Å². The second-order valence-electron chi connectivity index (χ2n) is 6.16. The van der Waals surface area contributed by atoms with Crippen LogP contribution in [-0.2, 0) is 0 Å². The van der Waals surface area contributed by atoms with Gasteiger partial charge in [-0.25, -0.2) is 9.37 Å². The summed E-state index contributed by atoms with van der Waals surface area (Å²) in [5, 5.41) is 10.6. The van der Waals surface area contributed by atoms with Crippen LogP contribution in [0.2, 0.25) is 0 Å². The van der Waals surface area contributed by atoms with Crippen molar-refractivity contribution in [1.29, 1.82) is 0 Å². The lowest BCUT2D eigenvalue weighted by atomic mass is 10.1. The zero-order valence-electron chi connectivity index (χ0n) is 13.7. The molecule has 1 fully saturated rings. The van der Waals surface area contributed by atoms with Crippen LogP contribution >= 0.6 is 0 Å². The van der Waals surface area contributed by atoms with Crippen molar-refractivity contribution < 1.29 is 19.0 Å². The van der Waals surface area contributed by atoms with Crippen LogP contribution < -0.4 is 10.3 Å². The first-order valence-electron chi connectivity index (χ1n) is 7.82. The second-order valence-corrected chi connectivity index (χ2v) is 6.16. The molecule has 0 bridgehead atoms. The summed E-state index contributed by atoms with van der Waals surface area (Å²) in [5.41, 5.74) is -1.84. The maximum atomic E-state index is 13.2. The third-order valence-electron chi connectivity index (χ3n) is 4.08. The number of amides is 1. The molecular weight excluding hydrogens is 329 g/mol. The standard InChI is InChI=1S/C17H18FN3O4/c1-11-19-8-14(15(22)20-11)16(23)21-6-5-17(24,9-21)10-25-13-4-2-3-12(18)7-13/h2-4,7-8,24H,5-6,9-10H2,1H3,(H,19,20,22)/t17-/m0/s1. The summed E-state index contributed by atoms with van der Waals surface area (Å²) in [6.07, 6.45) is 1.53. The topological polar surface area (TPSA) is 95.5 Å². The Balaban J connectivity index is 1.65.